The zero-order valence-corrected chi connectivity index (χ0v) is 14.1. The molecule has 0 atom stereocenters. The second kappa shape index (κ2) is 5.52. The Morgan fingerprint density at radius 1 is 1.15 bits per heavy atom. The molecule has 1 N–H and O–H groups in total. The zero-order valence-electron chi connectivity index (χ0n) is 14.1. The van der Waals surface area contributed by atoms with Crippen LogP contribution < -0.4 is 5.32 Å². The molecule has 0 amide bonds. The van der Waals surface area contributed by atoms with Crippen LogP contribution in [0.3, 0.4) is 0 Å². The van der Waals surface area contributed by atoms with Crippen LogP contribution in [-0.4, -0.2) is 12.6 Å². The van der Waals surface area contributed by atoms with Gasteiger partial charge in [0.05, 0.1) is 0 Å². The van der Waals surface area contributed by atoms with Gasteiger partial charge in [-0.15, -0.1) is 0 Å². The number of hydrogen-bond acceptors (Lipinski definition) is 1. The number of nitrogens with one attached hydrogen (secondary N) is 1. The van der Waals surface area contributed by atoms with Crippen LogP contribution >= 0.6 is 0 Å². The fraction of sp³-hybridized carbons (Fsp3) is 0.684. The van der Waals surface area contributed by atoms with Gasteiger partial charge in [0.1, 0.15) is 0 Å². The van der Waals surface area contributed by atoms with Crippen molar-refractivity contribution in [1.29, 1.82) is 0 Å². The van der Waals surface area contributed by atoms with Gasteiger partial charge < -0.3 is 5.32 Å². The minimum Gasteiger partial charge on any atom is -0.314 e. The van der Waals surface area contributed by atoms with Crippen molar-refractivity contribution in [2.75, 3.05) is 6.54 Å². The summed E-state index contributed by atoms with van der Waals surface area (Å²) in [7, 11) is 0. The molecule has 0 radical (unpaired) electrons. The molecular weight excluding hydrogens is 242 g/mol. The van der Waals surface area contributed by atoms with E-state index in [4.69, 9.17) is 0 Å². The monoisotopic (exact) mass is 273 g/mol. The van der Waals surface area contributed by atoms with E-state index in [0.29, 0.717) is 16.9 Å². The molecule has 0 aromatic heterocycles. The van der Waals surface area contributed by atoms with Gasteiger partial charge >= 0.3 is 0 Å². The first kappa shape index (κ1) is 15.6. The van der Waals surface area contributed by atoms with Crippen molar-refractivity contribution < 1.29 is 0 Å². The molecule has 0 bridgehead atoms. The Bertz CT molecular complexity index is 430. The van der Waals surface area contributed by atoms with Gasteiger partial charge in [-0.25, -0.2) is 0 Å². The summed E-state index contributed by atoms with van der Waals surface area (Å²) in [5.41, 5.74) is 3.67. The summed E-state index contributed by atoms with van der Waals surface area (Å²) in [6.45, 7) is 14.9. The van der Waals surface area contributed by atoms with Crippen LogP contribution in [-0.2, 0) is 5.41 Å². The van der Waals surface area contributed by atoms with Crippen molar-refractivity contribution >= 4 is 0 Å². The number of rotatable bonds is 4. The molecular formula is C19H31N. The average Bonchev–Trinajstić information content (AvgIpc) is 2.27. The van der Waals surface area contributed by atoms with E-state index in [2.05, 4.69) is 71.1 Å². The van der Waals surface area contributed by atoms with E-state index in [9.17, 15) is 0 Å². The van der Waals surface area contributed by atoms with E-state index < -0.39 is 0 Å². The van der Waals surface area contributed by atoms with Crippen LogP contribution in [0.4, 0.5) is 0 Å². The first-order chi connectivity index (χ1) is 9.23. The topological polar surface area (TPSA) is 12.0 Å². The third kappa shape index (κ3) is 3.25. The Kier molecular flexibility index (Phi) is 4.30. The lowest BCUT2D eigenvalue weighted by Gasteiger charge is -2.54. The molecule has 1 aromatic carbocycles. The average molecular weight is 273 g/mol. The Hall–Kier alpha value is -0.820. The first-order valence-electron chi connectivity index (χ1n) is 8.03. The van der Waals surface area contributed by atoms with E-state index >= 15 is 0 Å². The van der Waals surface area contributed by atoms with Gasteiger partial charge in [0.2, 0.25) is 0 Å². The fourth-order valence-corrected chi connectivity index (χ4v) is 3.28. The summed E-state index contributed by atoms with van der Waals surface area (Å²) in [6.07, 6.45) is 2.64. The highest BCUT2D eigenvalue weighted by Crippen LogP contribution is 2.54. The highest BCUT2D eigenvalue weighted by molar-refractivity contribution is 5.32. The SMILES string of the molecule is Cc1ccc(C2(CNC(C)C)CC(C(C)(C)C)C2)cc1. The van der Waals surface area contributed by atoms with Gasteiger partial charge in [0.25, 0.3) is 0 Å². The van der Waals surface area contributed by atoms with Crippen LogP contribution in [0.5, 0.6) is 0 Å². The van der Waals surface area contributed by atoms with Crippen LogP contribution in [0, 0.1) is 18.3 Å². The highest BCUT2D eigenvalue weighted by Gasteiger charge is 2.49. The molecule has 112 valence electrons. The van der Waals surface area contributed by atoms with E-state index in [1.807, 2.05) is 0 Å². The molecule has 1 aromatic rings. The second-order valence-electron chi connectivity index (χ2n) is 8.15. The Labute approximate surface area is 125 Å². The molecule has 2 rings (SSSR count). The fourth-order valence-electron chi connectivity index (χ4n) is 3.28. The predicted octanol–water partition coefficient (Wildman–Crippen LogP) is 4.69. The van der Waals surface area contributed by atoms with Crippen LogP contribution in [0.25, 0.3) is 0 Å². The minimum absolute atomic E-state index is 0.357. The molecule has 0 aliphatic heterocycles. The third-order valence-corrected chi connectivity index (χ3v) is 5.01. The van der Waals surface area contributed by atoms with Crippen molar-refractivity contribution in [3.63, 3.8) is 0 Å². The van der Waals surface area contributed by atoms with Crippen LogP contribution in [0.15, 0.2) is 24.3 Å². The molecule has 0 unspecified atom stereocenters. The van der Waals surface area contributed by atoms with E-state index in [-0.39, 0.29) is 0 Å². The Balaban J connectivity index is 2.17. The molecule has 0 heterocycles. The van der Waals surface area contributed by atoms with Gasteiger partial charge in [-0.1, -0.05) is 64.4 Å². The van der Waals surface area contributed by atoms with Gasteiger partial charge in [-0.05, 0) is 36.7 Å². The lowest BCUT2D eigenvalue weighted by atomic mass is 9.52. The van der Waals surface area contributed by atoms with Gasteiger partial charge in [0, 0.05) is 18.0 Å². The maximum absolute atomic E-state index is 3.67. The summed E-state index contributed by atoms with van der Waals surface area (Å²) in [6, 6.07) is 9.77. The maximum Gasteiger partial charge on any atom is 0.00835 e. The van der Waals surface area contributed by atoms with Crippen molar-refractivity contribution in [2.45, 2.75) is 65.8 Å². The third-order valence-electron chi connectivity index (χ3n) is 5.01. The minimum atomic E-state index is 0.357. The lowest BCUT2D eigenvalue weighted by molar-refractivity contribution is 0.0437. The number of benzene rings is 1. The van der Waals surface area contributed by atoms with Crippen LogP contribution in [0.1, 0.15) is 58.6 Å². The van der Waals surface area contributed by atoms with E-state index in [0.717, 1.165) is 12.5 Å². The Morgan fingerprint density at radius 2 is 1.70 bits per heavy atom. The molecule has 1 aliphatic rings. The highest BCUT2D eigenvalue weighted by atomic mass is 14.9. The molecule has 1 nitrogen and oxygen atoms in total. The van der Waals surface area contributed by atoms with Crippen molar-refractivity contribution in [3.05, 3.63) is 35.4 Å². The number of aryl methyl sites for hydroxylation is 1. The van der Waals surface area contributed by atoms with Gasteiger partial charge in [-0.3, -0.25) is 0 Å². The van der Waals surface area contributed by atoms with Gasteiger partial charge in [-0.2, -0.15) is 0 Å². The quantitative estimate of drug-likeness (QED) is 0.839. The normalized spacial score (nSPS) is 26.6. The predicted molar refractivity (Wildman–Crippen MR) is 88.2 cm³/mol. The zero-order chi connectivity index (χ0) is 15.0. The summed E-state index contributed by atoms with van der Waals surface area (Å²) in [4.78, 5) is 0. The largest absolute Gasteiger partial charge is 0.314 e. The molecule has 1 heteroatoms. The second-order valence-corrected chi connectivity index (χ2v) is 8.15. The lowest BCUT2D eigenvalue weighted by Crippen LogP contribution is -2.52. The molecule has 0 spiro atoms. The molecule has 1 fully saturated rings. The first-order valence-corrected chi connectivity index (χ1v) is 8.03. The van der Waals surface area contributed by atoms with Crippen molar-refractivity contribution in [2.24, 2.45) is 11.3 Å². The van der Waals surface area contributed by atoms with Crippen molar-refractivity contribution in [1.82, 2.24) is 5.32 Å². The van der Waals surface area contributed by atoms with E-state index in [1.54, 1.807) is 0 Å². The van der Waals surface area contributed by atoms with E-state index in [1.165, 1.54) is 24.0 Å². The summed E-state index contributed by atoms with van der Waals surface area (Å²) in [5.74, 6) is 0.845. The summed E-state index contributed by atoms with van der Waals surface area (Å²) in [5, 5.41) is 3.67. The summed E-state index contributed by atoms with van der Waals surface area (Å²) >= 11 is 0. The van der Waals surface area contributed by atoms with Gasteiger partial charge in [0.15, 0.2) is 0 Å². The molecule has 1 aliphatic carbocycles. The Morgan fingerprint density at radius 3 is 2.15 bits per heavy atom. The molecule has 0 saturated heterocycles. The number of hydrogen-bond donors (Lipinski definition) is 1. The van der Waals surface area contributed by atoms with Crippen molar-refractivity contribution in [3.8, 4) is 0 Å². The molecule has 20 heavy (non-hydrogen) atoms. The van der Waals surface area contributed by atoms with Crippen LogP contribution in [0.2, 0.25) is 0 Å². The maximum atomic E-state index is 3.67. The standard InChI is InChI=1S/C19H31N/c1-14(2)20-13-19(11-17(12-19)18(4,5)6)16-9-7-15(3)8-10-16/h7-10,14,17,20H,11-13H2,1-6H3. The smallest absolute Gasteiger partial charge is 0.00835 e. The summed E-state index contributed by atoms with van der Waals surface area (Å²) < 4.78 is 0. The molecule has 1 saturated carbocycles.